The second kappa shape index (κ2) is 7.27. The number of aromatic nitrogens is 2. The van der Waals surface area contributed by atoms with Gasteiger partial charge in [0.15, 0.2) is 0 Å². The van der Waals surface area contributed by atoms with Crippen molar-refractivity contribution < 1.29 is 4.74 Å². The molecule has 21 heavy (non-hydrogen) atoms. The zero-order valence-corrected chi connectivity index (χ0v) is 13.1. The number of hydrogen-bond acceptors (Lipinski definition) is 3. The summed E-state index contributed by atoms with van der Waals surface area (Å²) in [4.78, 5) is 4.30. The van der Waals surface area contributed by atoms with Crippen LogP contribution in [-0.2, 0) is 13.0 Å². The van der Waals surface area contributed by atoms with Crippen LogP contribution in [0.25, 0.3) is 0 Å². The monoisotopic (exact) mass is 287 g/mol. The first-order valence-electron chi connectivity index (χ1n) is 7.48. The van der Waals surface area contributed by atoms with Crippen molar-refractivity contribution in [1.29, 1.82) is 0 Å². The Balaban J connectivity index is 2.04. The summed E-state index contributed by atoms with van der Waals surface area (Å²) in [6.45, 7) is 5.99. The first-order chi connectivity index (χ1) is 10.2. The fraction of sp³-hybridized carbons (Fsp3) is 0.471. The highest BCUT2D eigenvalue weighted by Crippen LogP contribution is 2.23. The molecule has 4 nitrogen and oxygen atoms in total. The molecule has 1 atom stereocenters. The third-order valence-corrected chi connectivity index (χ3v) is 3.98. The molecule has 0 spiro atoms. The van der Waals surface area contributed by atoms with Gasteiger partial charge < -0.3 is 15.0 Å². The van der Waals surface area contributed by atoms with E-state index in [2.05, 4.69) is 35.5 Å². The third kappa shape index (κ3) is 3.85. The van der Waals surface area contributed by atoms with Crippen molar-refractivity contribution in [3.8, 4) is 5.75 Å². The van der Waals surface area contributed by atoms with E-state index in [4.69, 9.17) is 10.5 Å². The average molecular weight is 287 g/mol. The number of hydrogen-bond donors (Lipinski definition) is 1. The highest BCUT2D eigenvalue weighted by Gasteiger charge is 2.17. The Labute approximate surface area is 127 Å². The van der Waals surface area contributed by atoms with E-state index in [9.17, 15) is 0 Å². The Hall–Kier alpha value is -1.81. The van der Waals surface area contributed by atoms with Crippen molar-refractivity contribution in [2.75, 3.05) is 13.7 Å². The van der Waals surface area contributed by atoms with Crippen molar-refractivity contribution in [2.45, 2.75) is 32.7 Å². The Morgan fingerprint density at radius 1 is 1.24 bits per heavy atom. The molecule has 2 rings (SSSR count). The zero-order chi connectivity index (χ0) is 15.2. The standard InChI is InChI=1S/C17H25N3O/c1-13(2)16(10-18)17-11-19-12-20(17)9-8-14-4-6-15(21-3)7-5-14/h4-7,11-13,16H,8-10,18H2,1-3H3. The van der Waals surface area contributed by atoms with Gasteiger partial charge in [0.25, 0.3) is 0 Å². The van der Waals surface area contributed by atoms with Crippen LogP contribution in [0.1, 0.15) is 31.0 Å². The van der Waals surface area contributed by atoms with Crippen molar-refractivity contribution >= 4 is 0 Å². The smallest absolute Gasteiger partial charge is 0.118 e. The Kier molecular flexibility index (Phi) is 5.39. The van der Waals surface area contributed by atoms with Crippen LogP contribution in [0.3, 0.4) is 0 Å². The molecular formula is C17H25N3O. The van der Waals surface area contributed by atoms with Crippen molar-refractivity contribution in [3.63, 3.8) is 0 Å². The second-order valence-electron chi connectivity index (χ2n) is 5.70. The molecule has 0 aliphatic heterocycles. The van der Waals surface area contributed by atoms with Crippen LogP contribution in [0.5, 0.6) is 5.75 Å². The van der Waals surface area contributed by atoms with Gasteiger partial charge in [-0.15, -0.1) is 0 Å². The predicted molar refractivity (Wildman–Crippen MR) is 85.6 cm³/mol. The fourth-order valence-electron chi connectivity index (χ4n) is 2.60. The molecule has 0 radical (unpaired) electrons. The predicted octanol–water partition coefficient (Wildman–Crippen LogP) is 2.83. The van der Waals surface area contributed by atoms with Gasteiger partial charge in [0.1, 0.15) is 5.75 Å². The molecule has 0 amide bonds. The molecule has 2 aromatic rings. The highest BCUT2D eigenvalue weighted by molar-refractivity contribution is 5.27. The van der Waals surface area contributed by atoms with Gasteiger partial charge in [0.2, 0.25) is 0 Å². The quantitative estimate of drug-likeness (QED) is 0.852. The maximum Gasteiger partial charge on any atom is 0.118 e. The number of imidazole rings is 1. The molecule has 0 saturated heterocycles. The summed E-state index contributed by atoms with van der Waals surface area (Å²) in [6.07, 6.45) is 4.83. The zero-order valence-electron chi connectivity index (χ0n) is 13.1. The second-order valence-corrected chi connectivity index (χ2v) is 5.70. The minimum absolute atomic E-state index is 0.364. The lowest BCUT2D eigenvalue weighted by Gasteiger charge is -2.20. The Morgan fingerprint density at radius 2 is 1.95 bits per heavy atom. The molecule has 2 N–H and O–H groups in total. The molecule has 4 heteroatoms. The van der Waals surface area contributed by atoms with Crippen LogP contribution in [0, 0.1) is 5.92 Å². The molecule has 114 valence electrons. The van der Waals surface area contributed by atoms with Gasteiger partial charge in [0.05, 0.1) is 13.4 Å². The number of aryl methyl sites for hydroxylation is 2. The average Bonchev–Trinajstić information content (AvgIpc) is 2.94. The number of benzene rings is 1. The number of methoxy groups -OCH3 is 1. The van der Waals surface area contributed by atoms with E-state index in [1.807, 2.05) is 24.7 Å². The van der Waals surface area contributed by atoms with E-state index >= 15 is 0 Å². The molecule has 1 heterocycles. The number of rotatable bonds is 7. The Bertz CT molecular complexity index is 545. The van der Waals surface area contributed by atoms with Crippen molar-refractivity contribution in [2.24, 2.45) is 11.7 Å². The summed E-state index contributed by atoms with van der Waals surface area (Å²) in [6, 6.07) is 8.22. The first-order valence-corrected chi connectivity index (χ1v) is 7.48. The van der Waals surface area contributed by atoms with Crippen LogP contribution >= 0.6 is 0 Å². The van der Waals surface area contributed by atoms with Crippen LogP contribution in [0.2, 0.25) is 0 Å². The molecule has 1 aromatic carbocycles. The summed E-state index contributed by atoms with van der Waals surface area (Å²) in [5.74, 6) is 1.78. The summed E-state index contributed by atoms with van der Waals surface area (Å²) in [5.41, 5.74) is 8.45. The Morgan fingerprint density at radius 3 is 2.52 bits per heavy atom. The van der Waals surface area contributed by atoms with Crippen molar-refractivity contribution in [3.05, 3.63) is 48.0 Å². The molecule has 1 unspecified atom stereocenters. The van der Waals surface area contributed by atoms with Crippen LogP contribution < -0.4 is 10.5 Å². The van der Waals surface area contributed by atoms with Gasteiger partial charge in [-0.2, -0.15) is 0 Å². The lowest BCUT2D eigenvalue weighted by atomic mass is 9.93. The number of nitrogens with two attached hydrogens (primary N) is 1. The maximum atomic E-state index is 5.92. The topological polar surface area (TPSA) is 53.1 Å². The molecule has 1 aromatic heterocycles. The summed E-state index contributed by atoms with van der Waals surface area (Å²) < 4.78 is 7.41. The number of nitrogens with zero attached hydrogens (tertiary/aromatic N) is 2. The van der Waals surface area contributed by atoms with Crippen LogP contribution in [0.15, 0.2) is 36.8 Å². The molecule has 0 saturated carbocycles. The van der Waals surface area contributed by atoms with E-state index in [-0.39, 0.29) is 0 Å². The maximum absolute atomic E-state index is 5.92. The van der Waals surface area contributed by atoms with E-state index in [1.165, 1.54) is 11.3 Å². The van der Waals surface area contributed by atoms with E-state index < -0.39 is 0 Å². The molecule has 0 bridgehead atoms. The van der Waals surface area contributed by atoms with Gasteiger partial charge in [-0.3, -0.25) is 0 Å². The molecule has 0 aliphatic rings. The number of ether oxygens (including phenoxy) is 1. The normalized spacial score (nSPS) is 12.6. The van der Waals surface area contributed by atoms with E-state index in [0.29, 0.717) is 18.4 Å². The lowest BCUT2D eigenvalue weighted by Crippen LogP contribution is -2.21. The van der Waals surface area contributed by atoms with E-state index in [1.54, 1.807) is 7.11 Å². The molecule has 0 fully saturated rings. The summed E-state index contributed by atoms with van der Waals surface area (Å²) in [5, 5.41) is 0. The molecular weight excluding hydrogens is 262 g/mol. The first kappa shape index (κ1) is 15.6. The minimum Gasteiger partial charge on any atom is -0.497 e. The third-order valence-electron chi connectivity index (χ3n) is 3.98. The lowest BCUT2D eigenvalue weighted by molar-refractivity contribution is 0.414. The van der Waals surface area contributed by atoms with Gasteiger partial charge in [-0.25, -0.2) is 4.98 Å². The van der Waals surface area contributed by atoms with E-state index in [0.717, 1.165) is 18.7 Å². The van der Waals surface area contributed by atoms with Gasteiger partial charge >= 0.3 is 0 Å². The van der Waals surface area contributed by atoms with Gasteiger partial charge in [-0.1, -0.05) is 26.0 Å². The SMILES string of the molecule is COc1ccc(CCn2cncc2C(CN)C(C)C)cc1. The van der Waals surface area contributed by atoms with Crippen LogP contribution in [0.4, 0.5) is 0 Å². The minimum atomic E-state index is 0.364. The fourth-order valence-corrected chi connectivity index (χ4v) is 2.60. The molecule has 0 aliphatic carbocycles. The highest BCUT2D eigenvalue weighted by atomic mass is 16.5. The summed E-state index contributed by atoms with van der Waals surface area (Å²) >= 11 is 0. The van der Waals surface area contributed by atoms with Gasteiger partial charge in [0, 0.05) is 30.9 Å². The van der Waals surface area contributed by atoms with Crippen LogP contribution in [-0.4, -0.2) is 23.2 Å². The largest absolute Gasteiger partial charge is 0.497 e. The van der Waals surface area contributed by atoms with Gasteiger partial charge in [-0.05, 0) is 30.0 Å². The summed E-state index contributed by atoms with van der Waals surface area (Å²) in [7, 11) is 1.69. The van der Waals surface area contributed by atoms with Crippen molar-refractivity contribution in [1.82, 2.24) is 9.55 Å².